The quantitative estimate of drug-likeness (QED) is 0.564. The highest BCUT2D eigenvalue weighted by molar-refractivity contribution is 7.89. The number of sulfonamides is 1. The molecule has 0 radical (unpaired) electrons. The fourth-order valence-corrected chi connectivity index (χ4v) is 3.70. The lowest BCUT2D eigenvalue weighted by Crippen LogP contribution is -2.52. The Kier molecular flexibility index (Phi) is 7.26. The molecule has 1 atom stereocenters. The van der Waals surface area contributed by atoms with Crippen LogP contribution in [0.25, 0.3) is 0 Å². The van der Waals surface area contributed by atoms with E-state index in [9.17, 15) is 31.2 Å². The van der Waals surface area contributed by atoms with E-state index in [1.807, 2.05) is 0 Å². The molecule has 1 heterocycles. The number of rotatable bonds is 7. The summed E-state index contributed by atoms with van der Waals surface area (Å²) in [5.74, 6) is -1.89. The largest absolute Gasteiger partial charge is 0.459 e. The van der Waals surface area contributed by atoms with Crippen molar-refractivity contribution in [2.45, 2.75) is 37.4 Å². The average molecular weight is 447 g/mol. The first-order valence-corrected chi connectivity index (χ1v) is 10.2. The van der Waals surface area contributed by atoms with Crippen molar-refractivity contribution in [2.24, 2.45) is 5.92 Å². The monoisotopic (exact) mass is 447 g/mol. The van der Waals surface area contributed by atoms with E-state index in [0.717, 1.165) is 18.2 Å². The zero-order chi connectivity index (χ0) is 22.5. The van der Waals surface area contributed by atoms with E-state index < -0.39 is 44.5 Å². The number of furan rings is 1. The van der Waals surface area contributed by atoms with Gasteiger partial charge in [-0.25, -0.2) is 8.42 Å². The smallest absolute Gasteiger partial charge is 0.416 e. The van der Waals surface area contributed by atoms with Gasteiger partial charge in [0.15, 0.2) is 5.76 Å². The molecule has 164 valence electrons. The Morgan fingerprint density at radius 2 is 1.80 bits per heavy atom. The number of carbonyl (C=O) groups is 2. The molecule has 0 saturated carbocycles. The molecule has 1 aromatic heterocycles. The molecule has 3 N–H and O–H groups in total. The van der Waals surface area contributed by atoms with E-state index in [4.69, 9.17) is 4.42 Å². The minimum Gasteiger partial charge on any atom is -0.459 e. The maximum Gasteiger partial charge on any atom is 0.416 e. The molecule has 0 spiro atoms. The summed E-state index contributed by atoms with van der Waals surface area (Å²) in [6, 6.07) is 4.62. The summed E-state index contributed by atoms with van der Waals surface area (Å²) in [4.78, 5) is 23.6. The predicted molar refractivity (Wildman–Crippen MR) is 99.3 cm³/mol. The van der Waals surface area contributed by atoms with Gasteiger partial charge in [-0.3, -0.25) is 20.4 Å². The Morgan fingerprint density at radius 3 is 2.37 bits per heavy atom. The molecule has 0 saturated heterocycles. The molecule has 30 heavy (non-hydrogen) atoms. The van der Waals surface area contributed by atoms with Crippen molar-refractivity contribution in [3.63, 3.8) is 0 Å². The lowest BCUT2D eigenvalue weighted by atomic mass is 10.0. The fraction of sp³-hybridized carbons (Fsp3) is 0.333. The second-order valence-corrected chi connectivity index (χ2v) is 8.46. The van der Waals surface area contributed by atoms with Crippen molar-refractivity contribution in [3.05, 3.63) is 54.0 Å². The topological polar surface area (TPSA) is 118 Å². The summed E-state index contributed by atoms with van der Waals surface area (Å²) in [7, 11) is -4.46. The lowest BCUT2D eigenvalue weighted by molar-refractivity contribution is -0.137. The number of halogens is 3. The highest BCUT2D eigenvalue weighted by Crippen LogP contribution is 2.30. The van der Waals surface area contributed by atoms with Gasteiger partial charge in [0.25, 0.3) is 5.91 Å². The first kappa shape index (κ1) is 23.4. The molecule has 0 aliphatic rings. The van der Waals surface area contributed by atoms with Crippen LogP contribution in [-0.2, 0) is 21.0 Å². The van der Waals surface area contributed by atoms with Gasteiger partial charge >= 0.3 is 12.1 Å². The first-order chi connectivity index (χ1) is 13.9. The molecule has 2 aromatic rings. The molecule has 0 bridgehead atoms. The molecule has 0 fully saturated rings. The molecular formula is C18H20F3N3O5S. The number of hydrogen-bond donors (Lipinski definition) is 3. The number of alkyl halides is 3. The Balaban J connectivity index is 2.16. The van der Waals surface area contributed by atoms with Crippen LogP contribution in [0, 0.1) is 5.92 Å². The molecule has 0 aliphatic heterocycles. The van der Waals surface area contributed by atoms with Crippen molar-refractivity contribution in [1.82, 2.24) is 15.6 Å². The van der Waals surface area contributed by atoms with Gasteiger partial charge in [0, 0.05) is 0 Å². The van der Waals surface area contributed by atoms with Crippen LogP contribution >= 0.6 is 0 Å². The van der Waals surface area contributed by atoms with Gasteiger partial charge in [0.1, 0.15) is 6.04 Å². The molecule has 8 nitrogen and oxygen atoms in total. The average Bonchev–Trinajstić information content (AvgIpc) is 3.19. The number of hydrogen-bond acceptors (Lipinski definition) is 5. The van der Waals surface area contributed by atoms with Crippen molar-refractivity contribution < 1.29 is 35.6 Å². The van der Waals surface area contributed by atoms with Crippen molar-refractivity contribution >= 4 is 21.8 Å². The van der Waals surface area contributed by atoms with E-state index >= 15 is 0 Å². The van der Waals surface area contributed by atoms with Gasteiger partial charge in [0.2, 0.25) is 10.0 Å². The standard InChI is InChI=1S/C18H20F3N3O5S/c1-11(2)9-14(16(25)22-23-17(26)15-7-4-8-29-15)24-30(27,28)13-6-3-5-12(10-13)18(19,20)21/h3-8,10-11,14,24H,9H2,1-2H3,(H,22,25)(H,23,26)/t14-/m0/s1. The van der Waals surface area contributed by atoms with Crippen LogP contribution in [0.1, 0.15) is 36.4 Å². The summed E-state index contributed by atoms with van der Waals surface area (Å²) < 4.78 is 70.8. The maximum atomic E-state index is 12.9. The second-order valence-electron chi connectivity index (χ2n) is 6.75. The zero-order valence-electron chi connectivity index (χ0n) is 16.0. The van der Waals surface area contributed by atoms with Crippen LogP contribution in [0.2, 0.25) is 0 Å². The van der Waals surface area contributed by atoms with Crippen LogP contribution in [0.4, 0.5) is 13.2 Å². The molecule has 2 amide bonds. The third-order valence-corrected chi connectivity index (χ3v) is 5.31. The van der Waals surface area contributed by atoms with Gasteiger partial charge in [-0.15, -0.1) is 0 Å². The van der Waals surface area contributed by atoms with Gasteiger partial charge < -0.3 is 4.42 Å². The number of hydrazine groups is 1. The molecule has 2 rings (SSSR count). The summed E-state index contributed by atoms with van der Waals surface area (Å²) in [6.07, 6.45) is -3.45. The van der Waals surface area contributed by atoms with Crippen LogP contribution < -0.4 is 15.6 Å². The first-order valence-electron chi connectivity index (χ1n) is 8.73. The zero-order valence-corrected chi connectivity index (χ0v) is 16.8. The molecule has 12 heteroatoms. The molecule has 1 aromatic carbocycles. The minimum absolute atomic E-state index is 0.0284. The van der Waals surface area contributed by atoms with Crippen molar-refractivity contribution in [1.29, 1.82) is 0 Å². The Labute approximate surface area is 170 Å². The van der Waals surface area contributed by atoms with Gasteiger partial charge in [-0.2, -0.15) is 17.9 Å². The van der Waals surface area contributed by atoms with Crippen LogP contribution in [-0.4, -0.2) is 26.3 Å². The summed E-state index contributed by atoms with van der Waals surface area (Å²) in [6.45, 7) is 3.45. The van der Waals surface area contributed by atoms with Crippen molar-refractivity contribution in [3.8, 4) is 0 Å². The SMILES string of the molecule is CC(C)C[C@H](NS(=O)(=O)c1cccc(C(F)(F)F)c1)C(=O)NNC(=O)c1ccco1. The number of nitrogens with one attached hydrogen (secondary N) is 3. The molecule has 0 aliphatic carbocycles. The Hall–Kier alpha value is -2.86. The van der Waals surface area contributed by atoms with Crippen LogP contribution in [0.5, 0.6) is 0 Å². The third-order valence-electron chi connectivity index (χ3n) is 3.84. The molecular weight excluding hydrogens is 427 g/mol. The van der Waals surface area contributed by atoms with E-state index in [0.29, 0.717) is 6.07 Å². The van der Waals surface area contributed by atoms with E-state index in [-0.39, 0.29) is 18.1 Å². The van der Waals surface area contributed by atoms with Crippen LogP contribution in [0.15, 0.2) is 52.0 Å². The fourth-order valence-electron chi connectivity index (χ4n) is 2.45. The highest BCUT2D eigenvalue weighted by Gasteiger charge is 2.33. The Bertz CT molecular complexity index is 989. The summed E-state index contributed by atoms with van der Waals surface area (Å²) >= 11 is 0. The number of benzene rings is 1. The van der Waals surface area contributed by atoms with E-state index in [2.05, 4.69) is 15.6 Å². The lowest BCUT2D eigenvalue weighted by Gasteiger charge is -2.20. The van der Waals surface area contributed by atoms with Gasteiger partial charge in [-0.1, -0.05) is 19.9 Å². The summed E-state index contributed by atoms with van der Waals surface area (Å²) in [5.41, 5.74) is 3.02. The third kappa shape index (κ3) is 6.32. The normalized spacial score (nSPS) is 13.1. The van der Waals surface area contributed by atoms with Crippen LogP contribution in [0.3, 0.4) is 0 Å². The summed E-state index contributed by atoms with van der Waals surface area (Å²) in [5, 5.41) is 0. The Morgan fingerprint density at radius 1 is 1.10 bits per heavy atom. The van der Waals surface area contributed by atoms with Crippen molar-refractivity contribution in [2.75, 3.05) is 0 Å². The number of carbonyl (C=O) groups excluding carboxylic acids is 2. The van der Waals surface area contributed by atoms with E-state index in [1.54, 1.807) is 13.8 Å². The second kappa shape index (κ2) is 9.30. The minimum atomic E-state index is -4.73. The molecule has 0 unspecified atom stereocenters. The maximum absolute atomic E-state index is 12.9. The van der Waals surface area contributed by atoms with Gasteiger partial charge in [0.05, 0.1) is 16.7 Å². The van der Waals surface area contributed by atoms with Gasteiger partial charge in [-0.05, 0) is 42.7 Å². The highest BCUT2D eigenvalue weighted by atomic mass is 32.2. The van der Waals surface area contributed by atoms with E-state index in [1.165, 1.54) is 18.4 Å². The number of amides is 2. The predicted octanol–water partition coefficient (Wildman–Crippen LogP) is 2.45.